The lowest BCUT2D eigenvalue weighted by Crippen LogP contribution is -2.30. The zero-order chi connectivity index (χ0) is 69.7. The van der Waals surface area contributed by atoms with Crippen molar-refractivity contribution in [1.29, 1.82) is 10.5 Å². The van der Waals surface area contributed by atoms with Crippen LogP contribution in [0.15, 0.2) is 82.4 Å². The number of carbonyl (C=O) groups is 2. The van der Waals surface area contributed by atoms with Gasteiger partial charge in [0.05, 0.1) is 78.2 Å². The summed E-state index contributed by atoms with van der Waals surface area (Å²) in [6.07, 6.45) is 0.347. The van der Waals surface area contributed by atoms with E-state index in [9.17, 15) is 24.4 Å². The monoisotopic (exact) mass is 1510 g/mol. The second-order valence-electron chi connectivity index (χ2n) is 20.6. The van der Waals surface area contributed by atoms with Gasteiger partial charge < -0.3 is 33.4 Å². The Morgan fingerprint density at radius 3 is 1.19 bits per heavy atom. The van der Waals surface area contributed by atoms with Gasteiger partial charge in [-0.15, -0.1) is 0 Å². The van der Waals surface area contributed by atoms with E-state index >= 15 is 0 Å². The molecule has 29 heteroatoms. The average molecular weight is 1520 g/mol. The maximum absolute atomic E-state index is 12.9. The average Bonchev–Trinajstić information content (AvgIpc) is 0.805. The third kappa shape index (κ3) is 25.4. The van der Waals surface area contributed by atoms with Crippen LogP contribution in [0.4, 0.5) is 0 Å². The summed E-state index contributed by atoms with van der Waals surface area (Å²) in [5.41, 5.74) is 3.80. The van der Waals surface area contributed by atoms with Gasteiger partial charge in [0.15, 0.2) is 0 Å². The van der Waals surface area contributed by atoms with Gasteiger partial charge in [-0.05, 0) is 108 Å². The Balaban J connectivity index is 0.00000120. The van der Waals surface area contributed by atoms with Crippen molar-refractivity contribution >= 4 is 116 Å². The molecule has 20 nitrogen and oxygen atoms in total. The Hall–Kier alpha value is -7.47. The van der Waals surface area contributed by atoms with Crippen LogP contribution in [0.5, 0.6) is 35.7 Å². The zero-order valence-electron chi connectivity index (χ0n) is 52.6. The van der Waals surface area contributed by atoms with Gasteiger partial charge in [-0.3, -0.25) is 19.4 Å². The van der Waals surface area contributed by atoms with E-state index in [-0.39, 0.29) is 99.7 Å². The fraction of sp³-hybridized carbons (Fsp3) is 0.353. The molecule has 0 aliphatic heterocycles. The highest BCUT2D eigenvalue weighted by atomic mass is 35.5. The topological polar surface area (TPSA) is 280 Å². The molecule has 0 spiro atoms. The lowest BCUT2D eigenvalue weighted by Gasteiger charge is -2.19. The van der Waals surface area contributed by atoms with Crippen LogP contribution in [0.1, 0.15) is 186 Å². The molecule has 1 atom stereocenters. The Morgan fingerprint density at radius 1 is 0.443 bits per heavy atom. The Morgan fingerprint density at radius 2 is 0.804 bits per heavy atom. The molecular formula is C68H79Cl9N10O10. The molecule has 0 aliphatic carbocycles. The lowest BCUT2D eigenvalue weighted by molar-refractivity contribution is 0.102. The van der Waals surface area contributed by atoms with E-state index in [2.05, 4.69) is 45.9 Å². The second kappa shape index (κ2) is 42.4. The summed E-state index contributed by atoms with van der Waals surface area (Å²) < 4.78 is 30.9. The van der Waals surface area contributed by atoms with Crippen molar-refractivity contribution in [2.75, 3.05) is 42.7 Å². The molecule has 0 aliphatic rings. The number of carbonyl (C=O) groups excluding carboxylic acids is 2. The highest BCUT2D eigenvalue weighted by molar-refractivity contribution is 6.37. The van der Waals surface area contributed by atoms with E-state index in [1.807, 2.05) is 47.6 Å². The third-order valence-electron chi connectivity index (χ3n) is 12.6. The van der Waals surface area contributed by atoms with Crippen molar-refractivity contribution in [3.8, 4) is 47.8 Å². The molecule has 2 N–H and O–H groups in total. The SMILES string of the molecule is C.C.C.C.CC(C)c1c(C(=O)c2cc(Cl)cc(Cl)c2)[nH]c(=O)[nH]c1=O.COc1nc(Cl)c(C(C)C)c(OC)n1.COc1nc(OC)c(C(C)C)c(C(=O)c2cc(Cl)cc(Cl)c2)n1.COc1nc(OC)c(C(C)C)c(C(C#N)c2cc(Cl)cc(Cl)c2)n1.N#CCc1cc(Cl)cc(Cl)c1. The highest BCUT2D eigenvalue weighted by Gasteiger charge is 2.28. The van der Waals surface area contributed by atoms with Gasteiger partial charge in [0.25, 0.3) is 5.56 Å². The van der Waals surface area contributed by atoms with Crippen LogP contribution in [-0.2, 0) is 6.42 Å². The van der Waals surface area contributed by atoms with Gasteiger partial charge in [-0.1, -0.05) is 190 Å². The normalized spacial score (nSPS) is 10.4. The summed E-state index contributed by atoms with van der Waals surface area (Å²) >= 11 is 53.2. The van der Waals surface area contributed by atoms with E-state index in [0.29, 0.717) is 91.8 Å². The van der Waals surface area contributed by atoms with E-state index in [0.717, 1.165) is 16.7 Å². The number of methoxy groups -OCH3 is 6. The van der Waals surface area contributed by atoms with Gasteiger partial charge in [-0.2, -0.15) is 40.4 Å². The number of nitriles is 2. The maximum Gasteiger partial charge on any atom is 0.326 e. The number of benzene rings is 4. The van der Waals surface area contributed by atoms with Crippen molar-refractivity contribution in [3.05, 3.63) is 201 Å². The number of ketones is 2. The predicted molar refractivity (Wildman–Crippen MR) is 391 cm³/mol. The summed E-state index contributed by atoms with van der Waals surface area (Å²) in [5.74, 6) is -0.341. The molecule has 0 bridgehead atoms. The maximum atomic E-state index is 12.9. The lowest BCUT2D eigenvalue weighted by atomic mass is 9.90. The zero-order valence-corrected chi connectivity index (χ0v) is 59.4. The molecule has 524 valence electrons. The quantitative estimate of drug-likeness (QED) is 0.0633. The first-order valence-electron chi connectivity index (χ1n) is 27.6. The fourth-order valence-electron chi connectivity index (χ4n) is 8.68. The number of hydrogen-bond donors (Lipinski definition) is 2. The summed E-state index contributed by atoms with van der Waals surface area (Å²) in [4.78, 5) is 78.3. The molecule has 0 saturated carbocycles. The van der Waals surface area contributed by atoms with Crippen molar-refractivity contribution < 1.29 is 38.0 Å². The minimum atomic E-state index is -0.735. The Kier molecular flexibility index (Phi) is 39.1. The molecule has 0 amide bonds. The van der Waals surface area contributed by atoms with Crippen LogP contribution in [0.25, 0.3) is 0 Å². The van der Waals surface area contributed by atoms with E-state index in [4.69, 9.17) is 138 Å². The molecule has 8 aromatic rings. The van der Waals surface area contributed by atoms with Crippen molar-refractivity contribution in [2.24, 2.45) is 0 Å². The fourth-order valence-corrected chi connectivity index (χ4v) is 11.2. The van der Waals surface area contributed by atoms with Crippen LogP contribution >= 0.6 is 104 Å². The first-order valence-corrected chi connectivity index (χ1v) is 31.0. The second-order valence-corrected chi connectivity index (χ2v) is 24.4. The summed E-state index contributed by atoms with van der Waals surface area (Å²) in [5, 5.41) is 21.9. The van der Waals surface area contributed by atoms with Gasteiger partial charge in [0, 0.05) is 68.0 Å². The molecule has 0 fully saturated rings. The largest absolute Gasteiger partial charge is 0.481 e. The molecule has 0 radical (unpaired) electrons. The van der Waals surface area contributed by atoms with E-state index in [1.165, 1.54) is 53.7 Å². The highest BCUT2D eigenvalue weighted by Crippen LogP contribution is 2.38. The molecule has 0 saturated heterocycles. The molecule has 4 aromatic heterocycles. The van der Waals surface area contributed by atoms with Gasteiger partial charge in [0.2, 0.25) is 29.2 Å². The van der Waals surface area contributed by atoms with Gasteiger partial charge >= 0.3 is 23.7 Å². The van der Waals surface area contributed by atoms with Crippen LogP contribution < -0.4 is 39.7 Å². The van der Waals surface area contributed by atoms with Crippen LogP contribution in [0.3, 0.4) is 0 Å². The first kappa shape index (κ1) is 89.5. The number of hydrogen-bond acceptors (Lipinski definition) is 18. The van der Waals surface area contributed by atoms with Crippen LogP contribution in [0, 0.1) is 22.7 Å². The van der Waals surface area contributed by atoms with Crippen molar-refractivity contribution in [1.82, 2.24) is 39.9 Å². The molecule has 8 rings (SSSR count). The standard InChI is InChI=1S/C17H17Cl2N3O2.C16H16Cl2N2O3.C14H12Cl2N2O3.C9H13ClN2O2.C8H5Cl2N.4CH4/c1-9(2)14-15(21-17(24-4)22-16(14)23-3)13(8-20)10-5-11(18)7-12(19)6-10;1-8(2)12-13(19-16(23-4)20-15(12)22-3)14(21)9-5-10(17)7-11(18)6-9;1-6(2)10-11(17-14(21)18-13(10)20)12(19)7-3-8(15)5-9(16)4-7;1-5(2)6-7(10)11-9(14-4)12-8(6)13-3;9-7-3-6(1-2-11)4-8(10)5-7;;;;/h5-7,9,13H,1-4H3;5-8H,1-4H3;3-6H,1-2H3,(H2,17,18,20,21);5H,1-4H3;3-5H,1H2;4*1H4. The minimum absolute atomic E-state index is 0. The van der Waals surface area contributed by atoms with Gasteiger partial charge in [0.1, 0.15) is 16.8 Å². The first-order chi connectivity index (χ1) is 43.9. The molecule has 97 heavy (non-hydrogen) atoms. The molecule has 1 unspecified atom stereocenters. The summed E-state index contributed by atoms with van der Waals surface area (Å²) in [6.45, 7) is 15.3. The number of rotatable bonds is 17. The van der Waals surface area contributed by atoms with E-state index < -0.39 is 23.0 Å². The number of nitrogens with zero attached hydrogens (tertiary/aromatic N) is 8. The van der Waals surface area contributed by atoms with Gasteiger partial charge in [-0.25, -0.2) is 4.79 Å². The Bertz CT molecular complexity index is 4100. The molecule has 4 aromatic carbocycles. The van der Waals surface area contributed by atoms with Crippen LogP contribution in [0.2, 0.25) is 45.3 Å². The Labute approximate surface area is 612 Å². The number of aromatic amines is 2. The number of halogens is 9. The predicted octanol–water partition coefficient (Wildman–Crippen LogP) is 19.3. The number of H-pyrrole nitrogens is 2. The number of aromatic nitrogens is 8. The van der Waals surface area contributed by atoms with Crippen molar-refractivity contribution in [3.63, 3.8) is 0 Å². The van der Waals surface area contributed by atoms with E-state index in [1.54, 1.807) is 75.6 Å². The number of nitrogens with one attached hydrogen (secondary N) is 2. The summed E-state index contributed by atoms with van der Waals surface area (Å²) in [7, 11) is 8.93. The minimum Gasteiger partial charge on any atom is -0.481 e. The number of ether oxygens (including phenoxy) is 6. The smallest absolute Gasteiger partial charge is 0.326 e. The molecular weight excluding hydrogens is 1440 g/mol. The third-order valence-corrected chi connectivity index (χ3v) is 14.6. The van der Waals surface area contributed by atoms with Crippen molar-refractivity contribution in [2.45, 2.75) is 121 Å². The summed E-state index contributed by atoms with van der Waals surface area (Å²) in [6, 6.07) is 23.8. The molecule has 4 heterocycles. The van der Waals surface area contributed by atoms with Crippen LogP contribution in [-0.4, -0.2) is 94.1 Å².